The fourth-order valence-electron chi connectivity index (χ4n) is 3.90. The summed E-state index contributed by atoms with van der Waals surface area (Å²) in [4.78, 5) is 77.3. The van der Waals surface area contributed by atoms with Crippen LogP contribution in [0.25, 0.3) is 0 Å². The van der Waals surface area contributed by atoms with Gasteiger partial charge in [-0.05, 0) is 19.3 Å². The maximum atomic E-state index is 11.4. The van der Waals surface area contributed by atoms with Crippen LogP contribution in [0.1, 0.15) is 19.3 Å². The van der Waals surface area contributed by atoms with Crippen molar-refractivity contribution in [3.63, 3.8) is 0 Å². The van der Waals surface area contributed by atoms with E-state index in [-0.39, 0.29) is 38.6 Å². The number of rotatable bonds is 14. The Balaban J connectivity index is 3.23. The van der Waals surface area contributed by atoms with Gasteiger partial charge >= 0.3 is 30.4 Å². The van der Waals surface area contributed by atoms with Crippen molar-refractivity contribution in [2.75, 3.05) is 50.8 Å². The Morgan fingerprint density at radius 2 is 0.879 bits per heavy atom. The second-order valence-corrected chi connectivity index (χ2v) is 15.4. The van der Waals surface area contributed by atoms with Crippen molar-refractivity contribution in [3.05, 3.63) is 0 Å². The minimum absolute atomic E-state index is 0.203. The van der Waals surface area contributed by atoms with Crippen LogP contribution in [0.5, 0.6) is 0 Å². The van der Waals surface area contributed by atoms with Gasteiger partial charge in [0.25, 0.3) is 0 Å². The molecule has 33 heavy (non-hydrogen) atoms. The predicted octanol–water partition coefficient (Wildman–Crippen LogP) is -1.45. The third-order valence-corrected chi connectivity index (χ3v) is 8.60. The second-order valence-electron chi connectivity index (χ2n) is 8.33. The Morgan fingerprint density at radius 1 is 0.576 bits per heavy atom. The Kier molecular flexibility index (Phi) is 12.1. The lowest BCUT2D eigenvalue weighted by atomic mass is 9.85. The molecular weight excluding hydrogens is 526 g/mol. The lowest BCUT2D eigenvalue weighted by molar-refractivity contribution is 0.0519. The summed E-state index contributed by atoms with van der Waals surface area (Å²) in [6, 6.07) is -1.51. The van der Waals surface area contributed by atoms with E-state index in [1.54, 1.807) is 0 Å². The number of hydrogen-bond acceptors (Lipinski definition) is 7. The van der Waals surface area contributed by atoms with E-state index in [0.29, 0.717) is 12.8 Å². The zero-order chi connectivity index (χ0) is 25.7. The first-order chi connectivity index (χ1) is 14.8. The van der Waals surface area contributed by atoms with Crippen LogP contribution in [0.2, 0.25) is 0 Å². The lowest BCUT2D eigenvalue weighted by Crippen LogP contribution is -2.58. The van der Waals surface area contributed by atoms with E-state index in [1.165, 1.54) is 9.80 Å². The highest BCUT2D eigenvalue weighted by atomic mass is 31.2. The fraction of sp³-hybridized carbons (Fsp3) is 1.00. The van der Waals surface area contributed by atoms with E-state index < -0.39 is 67.1 Å². The van der Waals surface area contributed by atoms with E-state index >= 15 is 0 Å². The first-order valence-electron chi connectivity index (χ1n) is 10.2. The van der Waals surface area contributed by atoms with Crippen LogP contribution in [0, 0.1) is 0 Å². The van der Waals surface area contributed by atoms with Gasteiger partial charge in [0.15, 0.2) is 0 Å². The molecule has 0 aliphatic heterocycles. The predicted molar refractivity (Wildman–Crippen MR) is 120 cm³/mol. The summed E-state index contributed by atoms with van der Waals surface area (Å²) in [5.41, 5.74) is 6.07. The van der Waals surface area contributed by atoms with E-state index in [2.05, 4.69) is 0 Å². The van der Waals surface area contributed by atoms with Crippen LogP contribution in [0.15, 0.2) is 0 Å². The van der Waals surface area contributed by atoms with E-state index in [9.17, 15) is 57.4 Å². The Bertz CT molecular complexity index is 755. The van der Waals surface area contributed by atoms with Crippen molar-refractivity contribution in [2.45, 2.75) is 37.4 Å². The minimum Gasteiger partial charge on any atom is -0.328 e. The smallest absolute Gasteiger partial charge is 0.326 e. The van der Waals surface area contributed by atoms with Gasteiger partial charge in [0.2, 0.25) is 0 Å². The van der Waals surface area contributed by atoms with Crippen molar-refractivity contribution in [1.82, 2.24) is 9.80 Å². The average molecular weight is 561 g/mol. The quantitative estimate of drug-likeness (QED) is 0.110. The molecule has 0 aromatic rings. The summed E-state index contributed by atoms with van der Waals surface area (Å²) in [5, 5.41) is 0. The van der Waals surface area contributed by atoms with Gasteiger partial charge < -0.3 is 44.9 Å². The van der Waals surface area contributed by atoms with E-state index in [1.807, 2.05) is 0 Å². The molecule has 0 heterocycles. The molecule has 1 aliphatic rings. The van der Waals surface area contributed by atoms with Gasteiger partial charge in [-0.2, -0.15) is 0 Å². The number of nitrogens with zero attached hydrogens (tertiary/aromatic N) is 2. The summed E-state index contributed by atoms with van der Waals surface area (Å²) in [6.07, 6.45) is -1.22. The van der Waals surface area contributed by atoms with Crippen molar-refractivity contribution >= 4 is 30.4 Å². The van der Waals surface area contributed by atoms with Gasteiger partial charge in [-0.1, -0.05) is 0 Å². The topological polar surface area (TPSA) is 263 Å². The fourth-order valence-corrected chi connectivity index (χ4v) is 5.97. The molecule has 0 saturated heterocycles. The maximum absolute atomic E-state index is 11.4. The van der Waals surface area contributed by atoms with Crippen molar-refractivity contribution in [2.24, 2.45) is 5.73 Å². The van der Waals surface area contributed by atoms with Crippen LogP contribution < -0.4 is 5.73 Å². The highest BCUT2D eigenvalue weighted by molar-refractivity contribution is 7.52. The van der Waals surface area contributed by atoms with Crippen molar-refractivity contribution < 1.29 is 57.4 Å². The molecule has 0 bridgehead atoms. The molecule has 0 amide bonds. The van der Waals surface area contributed by atoms with Gasteiger partial charge in [0.1, 0.15) is 0 Å². The van der Waals surface area contributed by atoms with Crippen LogP contribution in [0.4, 0.5) is 0 Å². The van der Waals surface area contributed by atoms with Crippen LogP contribution in [-0.2, 0) is 18.3 Å². The number of nitrogens with two attached hydrogens (primary N) is 1. The van der Waals surface area contributed by atoms with Crippen LogP contribution in [0.3, 0.4) is 0 Å². The lowest BCUT2D eigenvalue weighted by Gasteiger charge is -2.47. The summed E-state index contributed by atoms with van der Waals surface area (Å²) in [5.74, 6) is 0. The van der Waals surface area contributed by atoms with E-state index in [4.69, 9.17) is 5.73 Å². The Morgan fingerprint density at radius 3 is 1.18 bits per heavy atom. The van der Waals surface area contributed by atoms with Crippen LogP contribution >= 0.6 is 30.4 Å². The average Bonchev–Trinajstić information content (AvgIpc) is 2.59. The molecule has 3 atom stereocenters. The molecule has 0 spiro atoms. The van der Waals surface area contributed by atoms with Crippen molar-refractivity contribution in [3.8, 4) is 0 Å². The van der Waals surface area contributed by atoms with Gasteiger partial charge in [-0.25, -0.2) is 0 Å². The zero-order valence-electron chi connectivity index (χ0n) is 18.0. The Labute approximate surface area is 192 Å². The van der Waals surface area contributed by atoms with Crippen molar-refractivity contribution in [1.29, 1.82) is 0 Å². The summed E-state index contributed by atoms with van der Waals surface area (Å²) in [6.45, 7) is -0.844. The molecule has 1 fully saturated rings. The highest BCUT2D eigenvalue weighted by Gasteiger charge is 2.38. The first kappa shape index (κ1) is 31.5. The normalized spacial score (nSPS) is 23.4. The maximum Gasteiger partial charge on any atom is 0.326 e. The molecule has 1 aliphatic carbocycles. The summed E-state index contributed by atoms with van der Waals surface area (Å²) >= 11 is 0. The first-order valence-corrected chi connectivity index (χ1v) is 17.4. The Hall–Kier alpha value is 0.480. The molecule has 0 aromatic heterocycles. The molecule has 0 aromatic carbocycles. The molecule has 10 N–H and O–H groups in total. The molecular formula is C14H35N3O12P4. The molecule has 15 nitrogen and oxygen atoms in total. The molecule has 1 saturated carbocycles. The van der Waals surface area contributed by atoms with Crippen LogP contribution in [-0.4, -0.2) is 118 Å². The monoisotopic (exact) mass is 561 g/mol. The zero-order valence-corrected chi connectivity index (χ0v) is 21.6. The largest absolute Gasteiger partial charge is 0.328 e. The third-order valence-electron chi connectivity index (χ3n) is 5.47. The minimum atomic E-state index is -4.45. The number of hydrogen-bond donors (Lipinski definition) is 9. The van der Waals surface area contributed by atoms with E-state index in [0.717, 1.165) is 0 Å². The van der Waals surface area contributed by atoms with Gasteiger partial charge in [0.05, 0.1) is 24.6 Å². The van der Waals surface area contributed by atoms with Gasteiger partial charge in [-0.15, -0.1) is 0 Å². The van der Waals surface area contributed by atoms with Gasteiger partial charge in [-0.3, -0.25) is 28.1 Å². The molecule has 0 radical (unpaired) electrons. The molecule has 1 rings (SSSR count). The SMILES string of the molecule is N[C@@H]1CC[C@H](N(CCP(=O)(O)O)CCP(=O)(O)O)[C@@H](N(CCP(=O)(O)O)CCP(=O)(O)O)C1. The molecule has 19 heteroatoms. The third kappa shape index (κ3) is 14.6. The second kappa shape index (κ2) is 12.6. The van der Waals surface area contributed by atoms with Gasteiger partial charge in [0, 0.05) is 44.3 Å². The molecule has 198 valence electrons. The summed E-state index contributed by atoms with van der Waals surface area (Å²) in [7, 11) is -17.8. The summed E-state index contributed by atoms with van der Waals surface area (Å²) < 4.78 is 45.7. The highest BCUT2D eigenvalue weighted by Crippen LogP contribution is 2.40. The molecule has 0 unspecified atom stereocenters. The standard InChI is InChI=1S/C14H35N3O12P4/c15-12-1-2-13(16(3-7-30(18,19)20)4-8-31(21,22)23)14(11-12)17(5-9-32(24,25)26)6-10-33(27,28)29/h12-14H,1-11,15H2,(H2,18,19,20)(H2,21,22,23)(H2,24,25,26)(H2,27,28,29)/t12-,13+,14+/m1/s1.